The molecule has 3 rings (SSSR count). The number of nitrogens with one attached hydrogen (secondary N) is 3. The number of likely N-dealkylation sites (tertiary alicyclic amines) is 2. The number of alkyl halides is 3. The van der Waals surface area contributed by atoms with Gasteiger partial charge in [-0.25, -0.2) is 4.79 Å². The van der Waals surface area contributed by atoms with E-state index in [0.717, 1.165) is 12.8 Å². The van der Waals surface area contributed by atoms with Crippen LogP contribution in [0.1, 0.15) is 81.1 Å². The Kier molecular flexibility index (Phi) is 10.5. The van der Waals surface area contributed by atoms with Crippen molar-refractivity contribution in [3.63, 3.8) is 0 Å². The van der Waals surface area contributed by atoms with Crippen molar-refractivity contribution >= 4 is 35.4 Å². The van der Waals surface area contributed by atoms with Gasteiger partial charge in [-0.2, -0.15) is 13.2 Å². The second kappa shape index (κ2) is 13.0. The SMILES string of the molecule is CC(C)(C)[C@H](NC(=O)N[C@H](C(=O)N1C[C@H]2[C@@H]([C@H]1C(=O)NC(CCC(F)(F)F)C(=O)C(N)=O)C2(C)C)C(C)(C)C)C(=O)N1CCCC1. The molecule has 1 aliphatic carbocycles. The molecule has 6 atom stereocenters. The normalized spacial score (nSPS) is 24.4. The maximum Gasteiger partial charge on any atom is 0.389 e. The highest BCUT2D eigenvalue weighted by atomic mass is 19.4. The van der Waals surface area contributed by atoms with Crippen molar-refractivity contribution in [2.75, 3.05) is 19.6 Å². The highest BCUT2D eigenvalue weighted by Gasteiger charge is 2.70. The maximum atomic E-state index is 14.2. The first-order valence-corrected chi connectivity index (χ1v) is 15.7. The molecule has 6 amide bonds. The van der Waals surface area contributed by atoms with Crippen LogP contribution in [0.4, 0.5) is 18.0 Å². The number of carbonyl (C=O) groups excluding carboxylic acids is 6. The van der Waals surface area contributed by atoms with E-state index in [4.69, 9.17) is 5.73 Å². The lowest BCUT2D eigenvalue weighted by Crippen LogP contribution is -2.63. The monoisotopic (exact) mass is 658 g/mol. The summed E-state index contributed by atoms with van der Waals surface area (Å²) in [6, 6.07) is -5.79. The molecular formula is C31H49F3N6O6. The minimum Gasteiger partial charge on any atom is -0.363 e. The zero-order valence-electron chi connectivity index (χ0n) is 28.0. The smallest absolute Gasteiger partial charge is 0.363 e. The zero-order valence-corrected chi connectivity index (χ0v) is 28.0. The van der Waals surface area contributed by atoms with E-state index < -0.39 is 83.6 Å². The van der Waals surface area contributed by atoms with Crippen LogP contribution in [0, 0.1) is 28.1 Å². The number of fused-ring (bicyclic) bond motifs is 1. The van der Waals surface area contributed by atoms with Crippen LogP contribution in [0.2, 0.25) is 0 Å². The van der Waals surface area contributed by atoms with E-state index in [1.54, 1.807) is 25.7 Å². The molecule has 0 radical (unpaired) electrons. The Bertz CT molecular complexity index is 1230. The number of ketones is 1. The van der Waals surface area contributed by atoms with Gasteiger partial charge in [0.2, 0.25) is 23.5 Å². The molecule has 2 aliphatic heterocycles. The molecule has 1 saturated carbocycles. The highest BCUT2D eigenvalue weighted by molar-refractivity contribution is 6.37. The number of hydrogen-bond donors (Lipinski definition) is 4. The summed E-state index contributed by atoms with van der Waals surface area (Å²) >= 11 is 0. The Balaban J connectivity index is 1.84. The fourth-order valence-electron chi connectivity index (χ4n) is 6.71. The van der Waals surface area contributed by atoms with Gasteiger partial charge < -0.3 is 31.5 Å². The highest BCUT2D eigenvalue weighted by Crippen LogP contribution is 2.65. The third kappa shape index (κ3) is 8.30. The summed E-state index contributed by atoms with van der Waals surface area (Å²) in [6.07, 6.45) is -5.25. The van der Waals surface area contributed by atoms with Crippen LogP contribution in [-0.4, -0.2) is 95.2 Å². The lowest BCUT2D eigenvalue weighted by Gasteiger charge is -2.39. The fourth-order valence-corrected chi connectivity index (χ4v) is 6.71. The molecule has 0 aromatic carbocycles. The molecule has 5 N–H and O–H groups in total. The van der Waals surface area contributed by atoms with Gasteiger partial charge in [0.25, 0.3) is 5.91 Å². The van der Waals surface area contributed by atoms with Crippen LogP contribution in [0.5, 0.6) is 0 Å². The van der Waals surface area contributed by atoms with Gasteiger partial charge in [-0.05, 0) is 47.3 Å². The minimum absolute atomic E-state index is 0.120. The lowest BCUT2D eigenvalue weighted by atomic mass is 9.84. The summed E-state index contributed by atoms with van der Waals surface area (Å²) in [5, 5.41) is 7.74. The van der Waals surface area contributed by atoms with E-state index >= 15 is 0 Å². The molecule has 2 saturated heterocycles. The van der Waals surface area contributed by atoms with Gasteiger partial charge in [0.05, 0.1) is 6.04 Å². The number of urea groups is 1. The molecular weight excluding hydrogens is 609 g/mol. The quantitative estimate of drug-likeness (QED) is 0.262. The summed E-state index contributed by atoms with van der Waals surface area (Å²) in [5.74, 6) is -5.06. The molecule has 0 aromatic heterocycles. The molecule has 3 aliphatic rings. The van der Waals surface area contributed by atoms with E-state index in [-0.39, 0.29) is 29.7 Å². The van der Waals surface area contributed by atoms with Crippen LogP contribution in [-0.2, 0) is 24.0 Å². The molecule has 260 valence electrons. The van der Waals surface area contributed by atoms with Gasteiger partial charge in [0.1, 0.15) is 18.1 Å². The summed E-state index contributed by atoms with van der Waals surface area (Å²) < 4.78 is 38.9. The molecule has 0 aromatic rings. The van der Waals surface area contributed by atoms with Crippen molar-refractivity contribution < 1.29 is 41.9 Å². The minimum atomic E-state index is -4.66. The fraction of sp³-hybridized carbons (Fsp3) is 0.806. The van der Waals surface area contributed by atoms with Crippen LogP contribution < -0.4 is 21.7 Å². The van der Waals surface area contributed by atoms with E-state index in [1.807, 2.05) is 34.6 Å². The molecule has 12 nitrogen and oxygen atoms in total. The average molecular weight is 659 g/mol. The first-order valence-electron chi connectivity index (χ1n) is 15.7. The summed E-state index contributed by atoms with van der Waals surface area (Å²) in [4.78, 5) is 81.5. The van der Waals surface area contributed by atoms with Crippen LogP contribution in [0.25, 0.3) is 0 Å². The topological polar surface area (TPSA) is 171 Å². The predicted molar refractivity (Wildman–Crippen MR) is 162 cm³/mol. The van der Waals surface area contributed by atoms with Gasteiger partial charge in [-0.15, -0.1) is 0 Å². The average Bonchev–Trinajstić information content (AvgIpc) is 3.36. The second-order valence-corrected chi connectivity index (χ2v) is 15.6. The number of primary amides is 1. The zero-order chi connectivity index (χ0) is 35.2. The first kappa shape index (κ1) is 37.1. The van der Waals surface area contributed by atoms with Gasteiger partial charge in [-0.1, -0.05) is 55.4 Å². The first-order chi connectivity index (χ1) is 20.9. The predicted octanol–water partition coefficient (Wildman–Crippen LogP) is 2.10. The van der Waals surface area contributed by atoms with Crippen LogP contribution >= 0.6 is 0 Å². The standard InChI is InChI=1S/C31H49F3N6O6/c1-28(2,3)21(25(44)39-13-9-10-14-39)37-27(46)38-22(29(4,5)6)26(45)40-15-16-18(30(16,7)8)19(40)24(43)36-17(20(41)23(35)42)11-12-31(32,33)34/h16-19,21-22H,9-15H2,1-8H3,(H2,35,42)(H,36,43)(H2,37,38,46)/t16-,17?,18-,19-,21+,22+/m0/s1. The third-order valence-corrected chi connectivity index (χ3v) is 9.55. The number of amides is 6. The Labute approximate surface area is 268 Å². The Hall–Kier alpha value is -3.39. The Morgan fingerprint density at radius 1 is 0.848 bits per heavy atom. The van der Waals surface area contributed by atoms with Gasteiger partial charge in [0.15, 0.2) is 0 Å². The van der Waals surface area contributed by atoms with Gasteiger partial charge in [0, 0.05) is 26.1 Å². The second-order valence-electron chi connectivity index (χ2n) is 15.6. The molecule has 0 spiro atoms. The summed E-state index contributed by atoms with van der Waals surface area (Å²) in [7, 11) is 0. The van der Waals surface area contributed by atoms with Crippen molar-refractivity contribution in [3.05, 3.63) is 0 Å². The van der Waals surface area contributed by atoms with Crippen molar-refractivity contribution in [1.29, 1.82) is 0 Å². The van der Waals surface area contributed by atoms with Crippen molar-refractivity contribution in [2.24, 2.45) is 33.8 Å². The van der Waals surface area contributed by atoms with Gasteiger partial charge >= 0.3 is 12.2 Å². The van der Waals surface area contributed by atoms with E-state index in [0.29, 0.717) is 13.1 Å². The Morgan fingerprint density at radius 2 is 1.35 bits per heavy atom. The summed E-state index contributed by atoms with van der Waals surface area (Å²) in [6.45, 7) is 15.8. The summed E-state index contributed by atoms with van der Waals surface area (Å²) in [5.41, 5.74) is 3.16. The molecule has 15 heteroatoms. The molecule has 0 bridgehead atoms. The Morgan fingerprint density at radius 3 is 1.80 bits per heavy atom. The number of nitrogens with two attached hydrogens (primary N) is 1. The third-order valence-electron chi connectivity index (χ3n) is 9.55. The number of hydrogen-bond acceptors (Lipinski definition) is 6. The van der Waals surface area contributed by atoms with E-state index in [1.165, 1.54) is 4.90 Å². The van der Waals surface area contributed by atoms with E-state index in [2.05, 4.69) is 16.0 Å². The number of piperidine rings is 1. The van der Waals surface area contributed by atoms with Crippen LogP contribution in [0.15, 0.2) is 0 Å². The molecule has 1 unspecified atom stereocenters. The van der Waals surface area contributed by atoms with Crippen molar-refractivity contribution in [2.45, 2.75) is 111 Å². The van der Waals surface area contributed by atoms with Crippen molar-refractivity contribution in [1.82, 2.24) is 25.8 Å². The van der Waals surface area contributed by atoms with E-state index in [9.17, 15) is 41.9 Å². The number of carbonyl (C=O) groups is 6. The maximum absolute atomic E-state index is 14.2. The number of rotatable bonds is 10. The number of nitrogens with zero attached hydrogens (tertiary/aromatic N) is 2. The number of halogens is 3. The largest absolute Gasteiger partial charge is 0.389 e. The number of Topliss-reactive ketones (excluding diaryl/α,β-unsaturated/α-hetero) is 1. The molecule has 46 heavy (non-hydrogen) atoms. The van der Waals surface area contributed by atoms with Crippen LogP contribution in [0.3, 0.4) is 0 Å². The van der Waals surface area contributed by atoms with Gasteiger partial charge in [-0.3, -0.25) is 24.0 Å². The molecule has 2 heterocycles. The lowest BCUT2D eigenvalue weighted by molar-refractivity contribution is -0.147. The molecule has 3 fully saturated rings. The van der Waals surface area contributed by atoms with Crippen molar-refractivity contribution in [3.8, 4) is 0 Å².